The van der Waals surface area contributed by atoms with Gasteiger partial charge < -0.3 is 9.64 Å². The zero-order valence-electron chi connectivity index (χ0n) is 11.1. The highest BCUT2D eigenvalue weighted by atomic mass is 16.5. The minimum atomic E-state index is 0.714. The summed E-state index contributed by atoms with van der Waals surface area (Å²) in [6.45, 7) is 6.26. The quantitative estimate of drug-likeness (QED) is 0.739. The van der Waals surface area contributed by atoms with Crippen LogP contribution < -0.4 is 0 Å². The summed E-state index contributed by atoms with van der Waals surface area (Å²) in [5.74, 6) is 1.04. The number of hydrogen-bond donors (Lipinski definition) is 0. The van der Waals surface area contributed by atoms with Gasteiger partial charge in [0.25, 0.3) is 0 Å². The van der Waals surface area contributed by atoms with Crippen molar-refractivity contribution in [3.8, 4) is 0 Å². The zero-order chi connectivity index (χ0) is 11.7. The van der Waals surface area contributed by atoms with Gasteiger partial charge >= 0.3 is 0 Å². The molecule has 3 aliphatic rings. The molecule has 0 unspecified atom stereocenters. The van der Waals surface area contributed by atoms with Gasteiger partial charge in [-0.2, -0.15) is 0 Å². The maximum absolute atomic E-state index is 5.31. The number of fused-ring (bicyclic) bond motifs is 1. The lowest BCUT2D eigenvalue weighted by Gasteiger charge is -2.51. The number of nitrogens with zero attached hydrogens (tertiary/aromatic N) is 2. The smallest absolute Gasteiger partial charge is 0.0618 e. The fraction of sp³-hybridized carbons (Fsp3) is 1.00. The van der Waals surface area contributed by atoms with Crippen LogP contribution in [0.2, 0.25) is 0 Å². The second kappa shape index (κ2) is 5.25. The second-order valence-electron chi connectivity index (χ2n) is 6.15. The molecule has 0 aromatic heterocycles. The highest BCUT2D eigenvalue weighted by Gasteiger charge is 2.39. The molecule has 98 valence electrons. The average Bonchev–Trinajstić information content (AvgIpc) is 3.08. The first kappa shape index (κ1) is 11.9. The van der Waals surface area contributed by atoms with Gasteiger partial charge in [0, 0.05) is 32.3 Å². The van der Waals surface area contributed by atoms with Crippen molar-refractivity contribution in [2.75, 3.05) is 39.9 Å². The topological polar surface area (TPSA) is 15.7 Å². The van der Waals surface area contributed by atoms with Gasteiger partial charge in [0.2, 0.25) is 0 Å². The predicted molar refractivity (Wildman–Crippen MR) is 69.2 cm³/mol. The van der Waals surface area contributed by atoms with Crippen LogP contribution in [0, 0.1) is 5.92 Å². The molecule has 0 bridgehead atoms. The minimum Gasteiger partial charge on any atom is -0.383 e. The highest BCUT2D eigenvalue weighted by molar-refractivity contribution is 4.95. The summed E-state index contributed by atoms with van der Waals surface area (Å²) in [7, 11) is 1.83. The lowest BCUT2D eigenvalue weighted by Crippen LogP contribution is -2.62. The number of ether oxygens (including phenoxy) is 1. The van der Waals surface area contributed by atoms with E-state index >= 15 is 0 Å². The predicted octanol–water partition coefficient (Wildman–Crippen LogP) is 1.58. The van der Waals surface area contributed by atoms with Crippen molar-refractivity contribution < 1.29 is 4.74 Å². The fourth-order valence-corrected chi connectivity index (χ4v) is 3.50. The van der Waals surface area contributed by atoms with Crippen LogP contribution in [-0.2, 0) is 4.74 Å². The molecule has 0 N–H and O–H groups in total. The molecule has 0 amide bonds. The van der Waals surface area contributed by atoms with Crippen molar-refractivity contribution in [2.24, 2.45) is 5.92 Å². The molecule has 0 aromatic rings. The number of methoxy groups -OCH3 is 1. The van der Waals surface area contributed by atoms with Crippen LogP contribution in [0.15, 0.2) is 0 Å². The average molecular weight is 238 g/mol. The SMILES string of the molecule is COC[C@@H]1C[C@@H]2CN(CC3CC3)CCCCN12. The monoisotopic (exact) mass is 238 g/mol. The van der Waals surface area contributed by atoms with Crippen molar-refractivity contribution in [3.63, 3.8) is 0 Å². The summed E-state index contributed by atoms with van der Waals surface area (Å²) in [5, 5.41) is 0. The molecule has 0 aromatic carbocycles. The van der Waals surface area contributed by atoms with Crippen LogP contribution in [0.3, 0.4) is 0 Å². The molecular formula is C14H26N2O. The molecule has 3 fully saturated rings. The summed E-state index contributed by atoms with van der Waals surface area (Å²) in [4.78, 5) is 5.43. The van der Waals surface area contributed by atoms with E-state index in [1.54, 1.807) is 0 Å². The molecule has 0 radical (unpaired) electrons. The number of hydrogen-bond acceptors (Lipinski definition) is 3. The fourth-order valence-electron chi connectivity index (χ4n) is 3.50. The molecule has 2 heterocycles. The molecule has 17 heavy (non-hydrogen) atoms. The summed E-state index contributed by atoms with van der Waals surface area (Å²) in [5.41, 5.74) is 0. The minimum absolute atomic E-state index is 0.714. The molecule has 0 spiro atoms. The van der Waals surface area contributed by atoms with Crippen LogP contribution >= 0.6 is 0 Å². The first-order chi connectivity index (χ1) is 8.36. The summed E-state index contributed by atoms with van der Waals surface area (Å²) in [6.07, 6.45) is 7.08. The Labute approximate surface area is 105 Å². The third-order valence-corrected chi connectivity index (χ3v) is 4.66. The first-order valence-electron chi connectivity index (χ1n) is 7.34. The molecule has 2 aliphatic heterocycles. The van der Waals surface area contributed by atoms with Gasteiger partial charge in [-0.05, 0) is 51.1 Å². The Morgan fingerprint density at radius 2 is 2.00 bits per heavy atom. The molecule has 1 aliphatic carbocycles. The van der Waals surface area contributed by atoms with Crippen molar-refractivity contribution in [1.29, 1.82) is 0 Å². The van der Waals surface area contributed by atoms with E-state index in [-0.39, 0.29) is 0 Å². The van der Waals surface area contributed by atoms with Crippen molar-refractivity contribution in [3.05, 3.63) is 0 Å². The Kier molecular flexibility index (Phi) is 3.69. The van der Waals surface area contributed by atoms with E-state index in [0.29, 0.717) is 6.04 Å². The second-order valence-corrected chi connectivity index (χ2v) is 6.15. The maximum atomic E-state index is 5.31. The van der Waals surface area contributed by atoms with Crippen LogP contribution in [0.4, 0.5) is 0 Å². The largest absolute Gasteiger partial charge is 0.383 e. The molecule has 2 saturated heterocycles. The molecule has 1 saturated carbocycles. The summed E-state index contributed by atoms with van der Waals surface area (Å²) < 4.78 is 5.31. The maximum Gasteiger partial charge on any atom is 0.0618 e. The van der Waals surface area contributed by atoms with Gasteiger partial charge in [-0.1, -0.05) is 0 Å². The molecule has 2 atom stereocenters. The summed E-state index contributed by atoms with van der Waals surface area (Å²) >= 11 is 0. The summed E-state index contributed by atoms with van der Waals surface area (Å²) in [6, 6.07) is 1.54. The molecular weight excluding hydrogens is 212 g/mol. The Balaban J connectivity index is 1.52. The first-order valence-corrected chi connectivity index (χ1v) is 7.34. The third kappa shape index (κ3) is 2.83. The van der Waals surface area contributed by atoms with Gasteiger partial charge in [-0.15, -0.1) is 0 Å². The normalized spacial score (nSPS) is 35.8. The van der Waals surface area contributed by atoms with E-state index in [1.807, 2.05) is 7.11 Å². The Morgan fingerprint density at radius 3 is 2.76 bits per heavy atom. The van der Waals surface area contributed by atoms with Gasteiger partial charge in [0.15, 0.2) is 0 Å². The lowest BCUT2D eigenvalue weighted by molar-refractivity contribution is -0.0497. The van der Waals surface area contributed by atoms with Gasteiger partial charge in [0.05, 0.1) is 6.61 Å². The van der Waals surface area contributed by atoms with E-state index in [9.17, 15) is 0 Å². The zero-order valence-corrected chi connectivity index (χ0v) is 11.1. The Morgan fingerprint density at radius 1 is 1.18 bits per heavy atom. The number of rotatable bonds is 4. The van der Waals surface area contributed by atoms with E-state index < -0.39 is 0 Å². The highest BCUT2D eigenvalue weighted by Crippen LogP contribution is 2.33. The van der Waals surface area contributed by atoms with E-state index in [0.717, 1.165) is 18.6 Å². The Hall–Kier alpha value is -0.120. The standard InChI is InChI=1S/C14H26N2O/c1-17-11-14-8-13-10-15(9-12-4-5-12)6-2-3-7-16(13)14/h12-14H,2-11H2,1H3/t13-,14+/m1/s1. The van der Waals surface area contributed by atoms with Crippen molar-refractivity contribution in [2.45, 2.75) is 44.2 Å². The molecule has 3 heteroatoms. The van der Waals surface area contributed by atoms with Crippen LogP contribution in [0.5, 0.6) is 0 Å². The molecule has 3 nitrogen and oxygen atoms in total. The van der Waals surface area contributed by atoms with Crippen molar-refractivity contribution in [1.82, 2.24) is 9.80 Å². The van der Waals surface area contributed by atoms with Gasteiger partial charge in [-0.3, -0.25) is 4.90 Å². The van der Waals surface area contributed by atoms with E-state index in [1.165, 1.54) is 58.3 Å². The van der Waals surface area contributed by atoms with Crippen LogP contribution in [-0.4, -0.2) is 61.8 Å². The van der Waals surface area contributed by atoms with Crippen LogP contribution in [0.25, 0.3) is 0 Å². The van der Waals surface area contributed by atoms with Crippen molar-refractivity contribution >= 4 is 0 Å². The van der Waals surface area contributed by atoms with Gasteiger partial charge in [-0.25, -0.2) is 0 Å². The van der Waals surface area contributed by atoms with E-state index in [4.69, 9.17) is 4.74 Å². The lowest BCUT2D eigenvalue weighted by atomic mass is 9.91. The van der Waals surface area contributed by atoms with Crippen LogP contribution in [0.1, 0.15) is 32.1 Å². The van der Waals surface area contributed by atoms with E-state index in [2.05, 4.69) is 9.80 Å². The molecule has 3 rings (SSSR count). The Bertz CT molecular complexity index is 255. The van der Waals surface area contributed by atoms with Gasteiger partial charge in [0.1, 0.15) is 0 Å². The third-order valence-electron chi connectivity index (χ3n) is 4.66.